The van der Waals surface area contributed by atoms with E-state index in [0.717, 1.165) is 12.1 Å². The zero-order valence-electron chi connectivity index (χ0n) is 19.1. The van der Waals surface area contributed by atoms with Crippen LogP contribution in [0.25, 0.3) is 0 Å². The van der Waals surface area contributed by atoms with Gasteiger partial charge < -0.3 is 29.4 Å². The molecule has 0 radical (unpaired) electrons. The monoisotopic (exact) mass is 483 g/mol. The molecular formula is C24H25F4NO5-2. The Morgan fingerprint density at radius 1 is 1.09 bits per heavy atom. The minimum atomic E-state index is -5.07. The summed E-state index contributed by atoms with van der Waals surface area (Å²) >= 11 is 0. The summed E-state index contributed by atoms with van der Waals surface area (Å²) in [5.74, 6) is -6.06. The lowest BCUT2D eigenvalue weighted by atomic mass is 9.57. The number of carboxylic acids is 2. The Morgan fingerprint density at radius 3 is 2.06 bits per heavy atom. The maximum absolute atomic E-state index is 15.7. The van der Waals surface area contributed by atoms with E-state index in [1.54, 1.807) is 0 Å². The Bertz CT molecular complexity index is 1020. The lowest BCUT2D eigenvalue weighted by Gasteiger charge is -2.51. The Morgan fingerprint density at radius 2 is 1.62 bits per heavy atom. The summed E-state index contributed by atoms with van der Waals surface area (Å²) in [6.07, 6.45) is -3.32. The molecule has 1 aromatic carbocycles. The number of hydrogen-bond donors (Lipinski definition) is 0. The van der Waals surface area contributed by atoms with Crippen molar-refractivity contribution in [3.05, 3.63) is 57.7 Å². The van der Waals surface area contributed by atoms with Crippen molar-refractivity contribution < 1.29 is 42.1 Å². The van der Waals surface area contributed by atoms with E-state index in [1.807, 2.05) is 0 Å². The number of hydrogen-bond acceptors (Lipinski definition) is 6. The van der Waals surface area contributed by atoms with Gasteiger partial charge in [-0.2, -0.15) is 13.2 Å². The third-order valence-electron chi connectivity index (χ3n) is 6.95. The van der Waals surface area contributed by atoms with Gasteiger partial charge in [-0.05, 0) is 38.7 Å². The molecule has 0 atom stereocenters. The third-order valence-corrected chi connectivity index (χ3v) is 6.95. The highest BCUT2D eigenvalue weighted by atomic mass is 19.4. The van der Waals surface area contributed by atoms with Crippen LogP contribution < -0.4 is 10.2 Å². The Kier molecular flexibility index (Phi) is 7.12. The van der Waals surface area contributed by atoms with E-state index in [1.165, 1.54) is 25.9 Å². The highest BCUT2D eigenvalue weighted by Crippen LogP contribution is 2.56. The van der Waals surface area contributed by atoms with Crippen LogP contribution in [0.4, 0.5) is 17.6 Å². The summed E-state index contributed by atoms with van der Waals surface area (Å²) in [6, 6.07) is 2.53. The first-order chi connectivity index (χ1) is 15.9. The van der Waals surface area contributed by atoms with Gasteiger partial charge in [0.2, 0.25) is 0 Å². The molecule has 1 fully saturated rings. The van der Waals surface area contributed by atoms with Crippen molar-refractivity contribution in [3.63, 3.8) is 0 Å². The average Bonchev–Trinajstić information content (AvgIpc) is 3.27. The van der Waals surface area contributed by atoms with Crippen LogP contribution in [-0.2, 0) is 25.9 Å². The van der Waals surface area contributed by atoms with E-state index in [9.17, 15) is 33.0 Å². The SMILES string of the molecule is COCCN1C(C)=C(C(=O)[O-])C(c2cccc(C(F)(F)F)c2F)(C2CCCC2)C(C(=O)[O-])=C1C. The number of nitrogens with zero attached hydrogens (tertiary/aromatic N) is 1. The molecule has 2 aliphatic rings. The van der Waals surface area contributed by atoms with Crippen LogP contribution in [0.15, 0.2) is 40.7 Å². The number of allylic oxidation sites excluding steroid dienone is 2. The lowest BCUT2D eigenvalue weighted by Crippen LogP contribution is -2.54. The van der Waals surface area contributed by atoms with Gasteiger partial charge in [-0.25, -0.2) is 4.39 Å². The number of ether oxygens (including phenoxy) is 1. The molecule has 6 nitrogen and oxygen atoms in total. The molecule has 0 saturated heterocycles. The van der Waals surface area contributed by atoms with Crippen molar-refractivity contribution >= 4 is 11.9 Å². The summed E-state index contributed by atoms with van der Waals surface area (Å²) in [5, 5.41) is 25.2. The van der Waals surface area contributed by atoms with Crippen molar-refractivity contribution in [2.24, 2.45) is 5.92 Å². The van der Waals surface area contributed by atoms with Gasteiger partial charge in [0.05, 0.1) is 29.5 Å². The van der Waals surface area contributed by atoms with Crippen molar-refractivity contribution in [2.45, 2.75) is 51.1 Å². The van der Waals surface area contributed by atoms with E-state index in [2.05, 4.69) is 0 Å². The lowest BCUT2D eigenvalue weighted by molar-refractivity contribution is -0.302. The first-order valence-corrected chi connectivity index (χ1v) is 10.9. The second kappa shape index (κ2) is 9.40. The van der Waals surface area contributed by atoms with E-state index in [0.29, 0.717) is 31.7 Å². The molecule has 1 saturated carbocycles. The first-order valence-electron chi connectivity index (χ1n) is 10.9. The van der Waals surface area contributed by atoms with E-state index in [-0.39, 0.29) is 24.5 Å². The van der Waals surface area contributed by atoms with Gasteiger partial charge >= 0.3 is 6.18 Å². The number of methoxy groups -OCH3 is 1. The molecule has 3 rings (SSSR count). The number of rotatable bonds is 7. The molecule has 0 amide bonds. The number of carboxylic acid groups (broad SMARTS) is 2. The van der Waals surface area contributed by atoms with Gasteiger partial charge in [0.1, 0.15) is 5.82 Å². The highest BCUT2D eigenvalue weighted by Gasteiger charge is 2.54. The fourth-order valence-corrected chi connectivity index (χ4v) is 5.66. The summed E-state index contributed by atoms with van der Waals surface area (Å²) in [6.45, 7) is 2.98. The summed E-state index contributed by atoms with van der Waals surface area (Å²) < 4.78 is 61.6. The molecule has 1 heterocycles. The zero-order chi connectivity index (χ0) is 25.4. The van der Waals surface area contributed by atoms with Gasteiger partial charge in [0, 0.05) is 41.8 Å². The molecular weight excluding hydrogens is 458 g/mol. The van der Waals surface area contributed by atoms with Crippen LogP contribution in [0.2, 0.25) is 0 Å². The van der Waals surface area contributed by atoms with Crippen LogP contribution in [0.3, 0.4) is 0 Å². The molecule has 10 heteroatoms. The fraction of sp³-hybridized carbons (Fsp3) is 0.500. The van der Waals surface area contributed by atoms with Crippen LogP contribution in [0.5, 0.6) is 0 Å². The Labute approximate surface area is 194 Å². The molecule has 186 valence electrons. The quantitative estimate of drug-likeness (QED) is 0.553. The van der Waals surface area contributed by atoms with E-state index >= 15 is 4.39 Å². The smallest absolute Gasteiger partial charge is 0.419 e. The second-order valence-electron chi connectivity index (χ2n) is 8.59. The van der Waals surface area contributed by atoms with Crippen molar-refractivity contribution in [1.29, 1.82) is 0 Å². The topological polar surface area (TPSA) is 92.7 Å². The average molecular weight is 483 g/mol. The van der Waals surface area contributed by atoms with Crippen molar-refractivity contribution in [1.82, 2.24) is 4.90 Å². The molecule has 1 aromatic rings. The third kappa shape index (κ3) is 3.97. The van der Waals surface area contributed by atoms with Crippen molar-refractivity contribution in [3.8, 4) is 0 Å². The zero-order valence-corrected chi connectivity index (χ0v) is 19.1. The number of aliphatic carboxylic acids is 2. The van der Waals surface area contributed by atoms with Gasteiger partial charge in [-0.15, -0.1) is 0 Å². The predicted molar refractivity (Wildman–Crippen MR) is 109 cm³/mol. The molecule has 0 spiro atoms. The molecule has 0 aromatic heterocycles. The molecule has 1 aliphatic heterocycles. The Balaban J connectivity index is 2.51. The van der Waals surface area contributed by atoms with E-state index in [4.69, 9.17) is 4.74 Å². The number of carbonyl (C=O) groups is 2. The second-order valence-corrected chi connectivity index (χ2v) is 8.59. The normalized spacial score (nSPS) is 19.2. The fourth-order valence-electron chi connectivity index (χ4n) is 5.66. The number of alkyl halides is 3. The summed E-state index contributed by atoms with van der Waals surface area (Å²) in [4.78, 5) is 26.6. The maximum Gasteiger partial charge on any atom is 0.419 e. The first kappa shape index (κ1) is 25.7. The largest absolute Gasteiger partial charge is 0.545 e. The predicted octanol–water partition coefficient (Wildman–Crippen LogP) is 2.28. The minimum absolute atomic E-state index is 0.0586. The summed E-state index contributed by atoms with van der Waals surface area (Å²) in [5.41, 5.74) is -5.51. The van der Waals surface area contributed by atoms with Gasteiger partial charge in [0.15, 0.2) is 0 Å². The molecule has 0 N–H and O–H groups in total. The van der Waals surface area contributed by atoms with E-state index < -0.39 is 57.5 Å². The molecule has 34 heavy (non-hydrogen) atoms. The Hall–Kier alpha value is -2.88. The maximum atomic E-state index is 15.7. The molecule has 0 bridgehead atoms. The van der Waals surface area contributed by atoms with Gasteiger partial charge in [0.25, 0.3) is 0 Å². The molecule has 0 unspecified atom stereocenters. The number of benzene rings is 1. The van der Waals surface area contributed by atoms with Crippen molar-refractivity contribution in [2.75, 3.05) is 20.3 Å². The highest BCUT2D eigenvalue weighted by molar-refractivity contribution is 5.99. The van der Waals surface area contributed by atoms with Crippen LogP contribution >= 0.6 is 0 Å². The van der Waals surface area contributed by atoms with Gasteiger partial charge in [-0.1, -0.05) is 25.0 Å². The minimum Gasteiger partial charge on any atom is -0.545 e. The number of carbonyl (C=O) groups excluding carboxylic acids is 2. The number of halogens is 4. The van der Waals surface area contributed by atoms with Crippen LogP contribution in [-0.4, -0.2) is 37.1 Å². The van der Waals surface area contributed by atoms with Gasteiger partial charge in [-0.3, -0.25) is 0 Å². The summed E-state index contributed by atoms with van der Waals surface area (Å²) in [7, 11) is 1.40. The van der Waals surface area contributed by atoms with Crippen LogP contribution in [0, 0.1) is 11.7 Å². The molecule has 1 aliphatic carbocycles. The van der Waals surface area contributed by atoms with Crippen LogP contribution in [0.1, 0.15) is 50.7 Å². The standard InChI is InChI=1S/C24H27F4NO5/c1-13-18(21(30)31)23(15-7-4-5-8-15,16-9-6-10-17(20(16)25)24(26,27)28)19(22(32)33)14(2)29(13)11-12-34-3/h6,9-10,15H,4-5,7-8,11-12H2,1-3H3,(H,30,31)(H,32,33)/p-2.